The molecule has 0 aromatic carbocycles. The maximum Gasteiger partial charge on any atom is 0.411 e. The Hall–Kier alpha value is -2.37. The number of ether oxygens (including phenoxy) is 1. The van der Waals surface area contributed by atoms with Gasteiger partial charge in [-0.15, -0.1) is 0 Å². The highest BCUT2D eigenvalue weighted by Gasteiger charge is 2.07. The number of hydrogen-bond donors (Lipinski definition) is 2. The van der Waals surface area contributed by atoms with Crippen molar-refractivity contribution in [3.8, 4) is 0 Å². The van der Waals surface area contributed by atoms with Gasteiger partial charge in [-0.3, -0.25) is 5.32 Å². The van der Waals surface area contributed by atoms with Crippen molar-refractivity contribution in [2.75, 3.05) is 11.9 Å². The first-order valence-corrected chi connectivity index (χ1v) is 4.37. The molecule has 0 radical (unpaired) electrons. The summed E-state index contributed by atoms with van der Waals surface area (Å²) in [7, 11) is 0. The van der Waals surface area contributed by atoms with E-state index in [0.717, 1.165) is 0 Å². The molecule has 6 nitrogen and oxygen atoms in total. The highest BCUT2D eigenvalue weighted by atomic mass is 16.5. The third-order valence-corrected chi connectivity index (χ3v) is 1.56. The number of nitrogens with one attached hydrogen (secondary N) is 1. The van der Waals surface area contributed by atoms with E-state index in [1.54, 1.807) is 0 Å². The van der Waals surface area contributed by atoms with Crippen molar-refractivity contribution in [3.05, 3.63) is 36.7 Å². The quantitative estimate of drug-likeness (QED) is 0.754. The molecule has 1 aromatic rings. The Morgan fingerprint density at radius 2 is 2.38 bits per heavy atom. The predicted octanol–water partition coefficient (Wildman–Crippen LogP) is 1.51. The highest BCUT2D eigenvalue weighted by Crippen LogP contribution is 2.08. The number of anilines is 1. The Morgan fingerprint density at radius 3 is 3.00 bits per heavy atom. The molecule has 0 aliphatic rings. The number of hydrogen-bond acceptors (Lipinski definition) is 4. The van der Waals surface area contributed by atoms with Gasteiger partial charge in [0.2, 0.25) is 0 Å². The summed E-state index contributed by atoms with van der Waals surface area (Å²) >= 11 is 0. The average Bonchev–Trinajstić information content (AvgIpc) is 2.26. The molecule has 0 fully saturated rings. The molecule has 16 heavy (non-hydrogen) atoms. The Kier molecular flexibility index (Phi) is 4.02. The van der Waals surface area contributed by atoms with Gasteiger partial charge < -0.3 is 9.84 Å². The summed E-state index contributed by atoms with van der Waals surface area (Å²) < 4.78 is 4.66. The minimum absolute atomic E-state index is 0.0860. The van der Waals surface area contributed by atoms with Crippen LogP contribution in [0.25, 0.3) is 0 Å². The summed E-state index contributed by atoms with van der Waals surface area (Å²) in [6.07, 6.45) is 2.03. The van der Waals surface area contributed by atoms with Crippen LogP contribution in [0.4, 0.5) is 10.5 Å². The van der Waals surface area contributed by atoms with E-state index >= 15 is 0 Å². The van der Waals surface area contributed by atoms with Crippen molar-refractivity contribution in [1.29, 1.82) is 0 Å². The second-order valence-corrected chi connectivity index (χ2v) is 2.75. The predicted molar refractivity (Wildman–Crippen MR) is 56.4 cm³/mol. The van der Waals surface area contributed by atoms with E-state index in [-0.39, 0.29) is 12.3 Å². The largest absolute Gasteiger partial charge is 0.477 e. The Labute approximate surface area is 91.6 Å². The molecular formula is C10H10N2O4. The third kappa shape index (κ3) is 3.41. The van der Waals surface area contributed by atoms with Crippen molar-refractivity contribution >= 4 is 17.7 Å². The molecule has 0 bridgehead atoms. The van der Waals surface area contributed by atoms with E-state index in [1.807, 2.05) is 0 Å². The topological polar surface area (TPSA) is 88.5 Å². The Balaban J connectivity index is 2.66. The number of carbonyl (C=O) groups is 2. The van der Waals surface area contributed by atoms with Crippen LogP contribution in [0.3, 0.4) is 0 Å². The minimum atomic E-state index is -1.16. The van der Waals surface area contributed by atoms with Crippen molar-refractivity contribution in [3.63, 3.8) is 0 Å². The molecule has 0 aliphatic heterocycles. The summed E-state index contributed by atoms with van der Waals surface area (Å²) in [6, 6.07) is 2.69. The van der Waals surface area contributed by atoms with Gasteiger partial charge in [-0.2, -0.15) is 0 Å². The fraction of sp³-hybridized carbons (Fsp3) is 0.100. The first-order chi connectivity index (χ1) is 7.63. The standard InChI is InChI=1S/C10H10N2O4/c1-2-5-16-10(15)12-7-3-4-11-8(6-7)9(13)14/h2-4,6H,1,5H2,(H,13,14)(H,11,12,15). The summed E-state index contributed by atoms with van der Waals surface area (Å²) in [5.41, 5.74) is 0.156. The van der Waals surface area contributed by atoms with E-state index in [4.69, 9.17) is 5.11 Å². The SMILES string of the molecule is C=CCOC(=O)Nc1ccnc(C(=O)O)c1. The van der Waals surface area contributed by atoms with Gasteiger partial charge in [0.15, 0.2) is 0 Å². The number of aromatic carboxylic acids is 1. The monoisotopic (exact) mass is 222 g/mol. The molecule has 1 amide bonds. The van der Waals surface area contributed by atoms with Crippen LogP contribution in [-0.2, 0) is 4.74 Å². The van der Waals surface area contributed by atoms with Gasteiger partial charge in [-0.25, -0.2) is 14.6 Å². The molecule has 84 valence electrons. The van der Waals surface area contributed by atoms with Gasteiger partial charge in [0.1, 0.15) is 12.3 Å². The molecule has 2 N–H and O–H groups in total. The zero-order chi connectivity index (χ0) is 12.0. The second kappa shape index (κ2) is 5.50. The lowest BCUT2D eigenvalue weighted by atomic mass is 10.3. The Bertz CT molecular complexity index is 417. The molecule has 0 saturated heterocycles. The number of carboxylic acid groups (broad SMARTS) is 1. The maximum absolute atomic E-state index is 11.1. The number of pyridine rings is 1. The first-order valence-electron chi connectivity index (χ1n) is 4.37. The number of amides is 1. The van der Waals surface area contributed by atoms with Gasteiger partial charge in [-0.1, -0.05) is 12.7 Å². The summed E-state index contributed by atoms with van der Waals surface area (Å²) in [5.74, 6) is -1.16. The molecule has 0 unspecified atom stereocenters. The van der Waals surface area contributed by atoms with Crippen LogP contribution in [-0.4, -0.2) is 28.8 Å². The van der Waals surface area contributed by atoms with E-state index in [0.29, 0.717) is 5.69 Å². The van der Waals surface area contributed by atoms with E-state index in [1.165, 1.54) is 24.4 Å². The zero-order valence-electron chi connectivity index (χ0n) is 8.34. The molecule has 1 rings (SSSR count). The third-order valence-electron chi connectivity index (χ3n) is 1.56. The number of carbonyl (C=O) groups excluding carboxylic acids is 1. The van der Waals surface area contributed by atoms with Crippen LogP contribution in [0.15, 0.2) is 31.0 Å². The average molecular weight is 222 g/mol. The van der Waals surface area contributed by atoms with Crippen molar-refractivity contribution < 1.29 is 19.4 Å². The maximum atomic E-state index is 11.1. The fourth-order valence-corrected chi connectivity index (χ4v) is 0.914. The molecule has 0 atom stereocenters. The highest BCUT2D eigenvalue weighted by molar-refractivity contribution is 5.89. The Morgan fingerprint density at radius 1 is 1.62 bits per heavy atom. The molecule has 1 aromatic heterocycles. The molecular weight excluding hydrogens is 212 g/mol. The lowest BCUT2D eigenvalue weighted by Crippen LogP contribution is -2.14. The molecule has 1 heterocycles. The molecule has 0 saturated carbocycles. The van der Waals surface area contributed by atoms with Gasteiger partial charge in [-0.05, 0) is 12.1 Å². The van der Waals surface area contributed by atoms with Crippen molar-refractivity contribution in [1.82, 2.24) is 4.98 Å². The van der Waals surface area contributed by atoms with Crippen molar-refractivity contribution in [2.24, 2.45) is 0 Å². The van der Waals surface area contributed by atoms with E-state index in [2.05, 4.69) is 21.6 Å². The molecule has 6 heteroatoms. The van der Waals surface area contributed by atoms with Crippen LogP contribution in [0.5, 0.6) is 0 Å². The van der Waals surface area contributed by atoms with Gasteiger partial charge >= 0.3 is 12.1 Å². The number of nitrogens with zero attached hydrogens (tertiary/aromatic N) is 1. The smallest absolute Gasteiger partial charge is 0.411 e. The van der Waals surface area contributed by atoms with Crippen LogP contribution >= 0.6 is 0 Å². The number of carboxylic acids is 1. The number of aromatic nitrogens is 1. The van der Waals surface area contributed by atoms with E-state index < -0.39 is 12.1 Å². The van der Waals surface area contributed by atoms with Gasteiger partial charge in [0.05, 0.1) is 0 Å². The van der Waals surface area contributed by atoms with Gasteiger partial charge in [0.25, 0.3) is 0 Å². The van der Waals surface area contributed by atoms with Crippen LogP contribution in [0, 0.1) is 0 Å². The summed E-state index contributed by atoms with van der Waals surface area (Å²) in [5, 5.41) is 11.0. The van der Waals surface area contributed by atoms with E-state index in [9.17, 15) is 9.59 Å². The zero-order valence-corrected chi connectivity index (χ0v) is 8.34. The van der Waals surface area contributed by atoms with Crippen LogP contribution in [0.1, 0.15) is 10.5 Å². The lowest BCUT2D eigenvalue weighted by molar-refractivity contribution is 0.0690. The van der Waals surface area contributed by atoms with Crippen molar-refractivity contribution in [2.45, 2.75) is 0 Å². The van der Waals surface area contributed by atoms with Crippen LogP contribution in [0.2, 0.25) is 0 Å². The second-order valence-electron chi connectivity index (χ2n) is 2.75. The molecule has 0 spiro atoms. The molecule has 0 aliphatic carbocycles. The minimum Gasteiger partial charge on any atom is -0.477 e. The normalized spacial score (nSPS) is 9.25. The van der Waals surface area contributed by atoms with Gasteiger partial charge in [0, 0.05) is 11.9 Å². The number of rotatable bonds is 4. The summed E-state index contributed by atoms with van der Waals surface area (Å²) in [6.45, 7) is 3.47. The lowest BCUT2D eigenvalue weighted by Gasteiger charge is -2.05. The van der Waals surface area contributed by atoms with Crippen LogP contribution < -0.4 is 5.32 Å². The summed E-state index contributed by atoms with van der Waals surface area (Å²) in [4.78, 5) is 25.3. The first kappa shape index (κ1) is 11.7. The fourth-order valence-electron chi connectivity index (χ4n) is 0.914.